The fourth-order valence-corrected chi connectivity index (χ4v) is 1.25. The van der Waals surface area contributed by atoms with E-state index < -0.39 is 15.4 Å². The van der Waals surface area contributed by atoms with Crippen LogP contribution in [0.3, 0.4) is 0 Å². The fraction of sp³-hybridized carbons (Fsp3) is 0.500. The molecule has 0 saturated carbocycles. The van der Waals surface area contributed by atoms with Crippen LogP contribution in [0.2, 0.25) is 0 Å². The molecule has 1 rings (SSSR count). The van der Waals surface area contributed by atoms with Crippen molar-refractivity contribution in [1.29, 1.82) is 0 Å². The number of hydrogen-bond acceptors (Lipinski definition) is 4. The van der Waals surface area contributed by atoms with Crippen molar-refractivity contribution < 1.29 is 9.85 Å². The summed E-state index contributed by atoms with van der Waals surface area (Å²) in [6.45, 7) is 3.04. The van der Waals surface area contributed by atoms with Gasteiger partial charge in [-0.15, -0.1) is 0 Å². The lowest BCUT2D eigenvalue weighted by atomic mass is 9.83. The highest BCUT2D eigenvalue weighted by Crippen LogP contribution is 2.29. The van der Waals surface area contributed by atoms with E-state index in [0.29, 0.717) is 0 Å². The van der Waals surface area contributed by atoms with Gasteiger partial charge in [0.1, 0.15) is 0 Å². The molecule has 0 amide bonds. The Kier molecular flexibility index (Phi) is 2.37. The summed E-state index contributed by atoms with van der Waals surface area (Å²) in [5, 5.41) is 21.2. The minimum Gasteiger partial charge on any atom is -0.264 e. The first-order valence-corrected chi connectivity index (χ1v) is 4.08. The van der Waals surface area contributed by atoms with Gasteiger partial charge in [0.15, 0.2) is 0 Å². The summed E-state index contributed by atoms with van der Waals surface area (Å²) in [6.07, 6.45) is 3.88. The maximum absolute atomic E-state index is 10.8. The smallest absolute Gasteiger partial charge is 0.264 e. The molecule has 0 aliphatic heterocycles. The summed E-state index contributed by atoms with van der Waals surface area (Å²) >= 11 is 0. The van der Waals surface area contributed by atoms with E-state index in [-0.39, 0.29) is 11.6 Å². The van der Waals surface area contributed by atoms with Crippen LogP contribution in [0.4, 0.5) is 0 Å². The average Bonchev–Trinajstić information content (AvgIpc) is 2.09. The minimum absolute atomic E-state index is 0.220. The Morgan fingerprint density at radius 1 is 1.43 bits per heavy atom. The topological polar surface area (TPSA) is 86.3 Å². The van der Waals surface area contributed by atoms with Crippen LogP contribution < -0.4 is 0 Å². The Labute approximate surface area is 80.2 Å². The van der Waals surface area contributed by atoms with Crippen LogP contribution in [0.15, 0.2) is 23.9 Å². The molecule has 6 heteroatoms. The molecule has 0 N–H and O–H groups in total. The Bertz CT molecular complexity index is 347. The zero-order valence-electron chi connectivity index (χ0n) is 7.84. The van der Waals surface area contributed by atoms with Crippen LogP contribution in [0.5, 0.6) is 0 Å². The Morgan fingerprint density at radius 2 is 2.00 bits per heavy atom. The summed E-state index contributed by atoms with van der Waals surface area (Å²) in [7, 11) is 0. The molecular formula is C8H10N2O4. The predicted molar refractivity (Wildman–Crippen MR) is 48.8 cm³/mol. The van der Waals surface area contributed by atoms with Crippen molar-refractivity contribution >= 4 is 0 Å². The maximum atomic E-state index is 10.8. The van der Waals surface area contributed by atoms with E-state index in [4.69, 9.17) is 0 Å². The highest BCUT2D eigenvalue weighted by Gasteiger charge is 2.44. The molecule has 0 aromatic heterocycles. The maximum Gasteiger partial charge on any atom is 0.272 e. The molecule has 2 unspecified atom stereocenters. The van der Waals surface area contributed by atoms with E-state index >= 15 is 0 Å². The zero-order chi connectivity index (χ0) is 10.9. The third kappa shape index (κ3) is 1.50. The van der Waals surface area contributed by atoms with Crippen LogP contribution in [-0.2, 0) is 0 Å². The summed E-state index contributed by atoms with van der Waals surface area (Å²) in [6, 6.07) is 0. The second-order valence-electron chi connectivity index (χ2n) is 3.46. The third-order valence-corrected chi connectivity index (χ3v) is 2.52. The second-order valence-corrected chi connectivity index (χ2v) is 3.46. The third-order valence-electron chi connectivity index (χ3n) is 2.52. The summed E-state index contributed by atoms with van der Waals surface area (Å²) in [5.41, 5.74) is -1.60. The van der Waals surface area contributed by atoms with Crippen molar-refractivity contribution in [2.75, 3.05) is 0 Å². The first-order chi connectivity index (χ1) is 6.38. The van der Waals surface area contributed by atoms with Gasteiger partial charge in [0.05, 0.1) is 11.0 Å². The van der Waals surface area contributed by atoms with Crippen molar-refractivity contribution in [3.05, 3.63) is 44.2 Å². The molecule has 2 atom stereocenters. The molecule has 1 aliphatic rings. The van der Waals surface area contributed by atoms with Gasteiger partial charge >= 0.3 is 0 Å². The zero-order valence-corrected chi connectivity index (χ0v) is 7.84. The molecule has 0 saturated heterocycles. The molecule has 0 radical (unpaired) electrons. The van der Waals surface area contributed by atoms with E-state index in [1.807, 2.05) is 0 Å². The summed E-state index contributed by atoms with van der Waals surface area (Å²) in [4.78, 5) is 20.1. The second kappa shape index (κ2) is 3.21. The van der Waals surface area contributed by atoms with E-state index in [1.54, 1.807) is 6.92 Å². The van der Waals surface area contributed by atoms with E-state index in [9.17, 15) is 20.2 Å². The molecule has 76 valence electrons. The van der Waals surface area contributed by atoms with Crippen LogP contribution in [0.25, 0.3) is 0 Å². The Balaban J connectivity index is 3.14. The lowest BCUT2D eigenvalue weighted by Gasteiger charge is -2.23. The predicted octanol–water partition coefficient (Wildman–Crippen LogP) is 1.39. The first kappa shape index (κ1) is 10.4. The van der Waals surface area contributed by atoms with Crippen molar-refractivity contribution in [2.45, 2.75) is 19.4 Å². The largest absolute Gasteiger partial charge is 0.272 e. The minimum atomic E-state index is -1.38. The van der Waals surface area contributed by atoms with Crippen molar-refractivity contribution in [3.8, 4) is 0 Å². The highest BCUT2D eigenvalue weighted by molar-refractivity contribution is 5.24. The molecule has 1 aliphatic carbocycles. The SMILES string of the molecule is CC1C=CC([N+](=O)[O-])=CC1(C)[N+](=O)[O-]. The highest BCUT2D eigenvalue weighted by atomic mass is 16.6. The normalized spacial score (nSPS) is 31.0. The molecule has 0 heterocycles. The van der Waals surface area contributed by atoms with Crippen molar-refractivity contribution in [2.24, 2.45) is 5.92 Å². The first-order valence-electron chi connectivity index (χ1n) is 4.08. The quantitative estimate of drug-likeness (QED) is 0.495. The molecular weight excluding hydrogens is 188 g/mol. The number of nitrogens with zero attached hydrogens (tertiary/aromatic N) is 2. The number of nitro groups is 2. The molecule has 0 aromatic carbocycles. The average molecular weight is 198 g/mol. The monoisotopic (exact) mass is 198 g/mol. The van der Waals surface area contributed by atoms with Gasteiger partial charge in [-0.05, 0) is 0 Å². The van der Waals surface area contributed by atoms with Crippen LogP contribution in [-0.4, -0.2) is 15.4 Å². The summed E-state index contributed by atoms with van der Waals surface area (Å²) < 4.78 is 0. The number of allylic oxidation sites excluding steroid dienone is 1. The van der Waals surface area contributed by atoms with Gasteiger partial charge in [-0.3, -0.25) is 20.2 Å². The van der Waals surface area contributed by atoms with Gasteiger partial charge in [-0.1, -0.05) is 13.0 Å². The fourth-order valence-electron chi connectivity index (χ4n) is 1.25. The van der Waals surface area contributed by atoms with Gasteiger partial charge in [-0.2, -0.15) is 0 Å². The van der Waals surface area contributed by atoms with Crippen LogP contribution in [0, 0.1) is 26.1 Å². The van der Waals surface area contributed by atoms with Gasteiger partial charge in [0, 0.05) is 23.8 Å². The van der Waals surface area contributed by atoms with E-state index in [1.165, 1.54) is 19.1 Å². The summed E-state index contributed by atoms with van der Waals surface area (Å²) in [5.74, 6) is -0.346. The molecule has 0 aromatic rings. The molecule has 6 nitrogen and oxygen atoms in total. The Hall–Kier alpha value is -1.72. The molecule has 0 fully saturated rings. The number of rotatable bonds is 2. The van der Waals surface area contributed by atoms with Crippen LogP contribution >= 0.6 is 0 Å². The van der Waals surface area contributed by atoms with Gasteiger partial charge in [0.2, 0.25) is 5.54 Å². The van der Waals surface area contributed by atoms with Gasteiger partial charge < -0.3 is 0 Å². The lowest BCUT2D eigenvalue weighted by molar-refractivity contribution is -0.560. The van der Waals surface area contributed by atoms with Crippen molar-refractivity contribution in [3.63, 3.8) is 0 Å². The van der Waals surface area contributed by atoms with Crippen molar-refractivity contribution in [1.82, 2.24) is 0 Å². The molecule has 14 heavy (non-hydrogen) atoms. The Morgan fingerprint density at radius 3 is 2.43 bits per heavy atom. The van der Waals surface area contributed by atoms with E-state index in [2.05, 4.69) is 0 Å². The molecule has 0 bridgehead atoms. The number of hydrogen-bond donors (Lipinski definition) is 0. The van der Waals surface area contributed by atoms with Crippen LogP contribution in [0.1, 0.15) is 13.8 Å². The standard InChI is InChI=1S/C8H10N2O4/c1-6-3-4-7(9(11)12)5-8(6,2)10(13)14/h3-6H,1-2H3. The van der Waals surface area contributed by atoms with Gasteiger partial charge in [-0.25, -0.2) is 0 Å². The van der Waals surface area contributed by atoms with E-state index in [0.717, 1.165) is 6.08 Å². The lowest BCUT2D eigenvalue weighted by Crippen LogP contribution is -2.40. The molecule has 0 spiro atoms. The van der Waals surface area contributed by atoms with Gasteiger partial charge in [0.25, 0.3) is 5.70 Å².